The number of amides is 3. The second kappa shape index (κ2) is 15.9. The minimum atomic E-state index is -0.546. The summed E-state index contributed by atoms with van der Waals surface area (Å²) < 4.78 is 10.1. The van der Waals surface area contributed by atoms with Crippen LogP contribution in [0.15, 0.2) is 114 Å². The number of hydrogen-bond donors (Lipinski definition) is 3. The maximum atomic E-state index is 13.5. The van der Waals surface area contributed by atoms with Gasteiger partial charge in [-0.15, -0.1) is 11.8 Å². The van der Waals surface area contributed by atoms with Gasteiger partial charge in [-0.05, 0) is 72.7 Å². The van der Waals surface area contributed by atoms with E-state index in [-0.39, 0.29) is 17.2 Å². The van der Waals surface area contributed by atoms with E-state index >= 15 is 0 Å². The van der Waals surface area contributed by atoms with Crippen molar-refractivity contribution in [1.82, 2.24) is 5.32 Å². The lowest BCUT2D eigenvalue weighted by Gasteiger charge is -2.17. The highest BCUT2D eigenvalue weighted by atomic mass is 32.2. The highest BCUT2D eigenvalue weighted by Crippen LogP contribution is 2.29. The molecular formula is C35H33N3O6S. The lowest BCUT2D eigenvalue weighted by Crippen LogP contribution is -2.30. The van der Waals surface area contributed by atoms with Gasteiger partial charge in [-0.1, -0.05) is 55.5 Å². The molecule has 9 nitrogen and oxygen atoms in total. The fourth-order valence-corrected chi connectivity index (χ4v) is 5.28. The van der Waals surface area contributed by atoms with Gasteiger partial charge in [-0.25, -0.2) is 4.79 Å². The van der Waals surface area contributed by atoms with Crippen LogP contribution in [0.2, 0.25) is 0 Å². The number of para-hydroxylation sites is 1. The molecule has 0 aliphatic carbocycles. The van der Waals surface area contributed by atoms with E-state index in [2.05, 4.69) is 16.0 Å². The van der Waals surface area contributed by atoms with Crippen molar-refractivity contribution in [2.45, 2.75) is 23.5 Å². The lowest BCUT2D eigenvalue weighted by atomic mass is 10.1. The van der Waals surface area contributed by atoms with Gasteiger partial charge in [-0.3, -0.25) is 14.4 Å². The van der Waals surface area contributed by atoms with Gasteiger partial charge < -0.3 is 25.4 Å². The van der Waals surface area contributed by atoms with E-state index in [1.54, 1.807) is 110 Å². The van der Waals surface area contributed by atoms with Crippen LogP contribution in [0.5, 0.6) is 5.75 Å². The predicted molar refractivity (Wildman–Crippen MR) is 176 cm³/mol. The molecule has 0 saturated carbocycles. The number of esters is 1. The summed E-state index contributed by atoms with van der Waals surface area (Å²) >= 11 is 1.32. The largest absolute Gasteiger partial charge is 0.497 e. The molecule has 0 aromatic heterocycles. The van der Waals surface area contributed by atoms with Crippen LogP contribution in [0.3, 0.4) is 0 Å². The van der Waals surface area contributed by atoms with E-state index in [1.807, 2.05) is 13.0 Å². The highest BCUT2D eigenvalue weighted by Gasteiger charge is 2.21. The van der Waals surface area contributed by atoms with Crippen molar-refractivity contribution in [3.8, 4) is 5.75 Å². The van der Waals surface area contributed by atoms with Gasteiger partial charge in [0.15, 0.2) is 0 Å². The number of rotatable bonds is 12. The van der Waals surface area contributed by atoms with Crippen LogP contribution in [-0.2, 0) is 14.3 Å². The molecule has 0 aliphatic heterocycles. The second-order valence-electron chi connectivity index (χ2n) is 9.68. The Morgan fingerprint density at radius 1 is 0.822 bits per heavy atom. The van der Waals surface area contributed by atoms with Crippen LogP contribution >= 0.6 is 11.8 Å². The molecule has 0 spiro atoms. The summed E-state index contributed by atoms with van der Waals surface area (Å²) in [5.41, 5.74) is 2.19. The SMILES string of the molecule is CCC(Sc1cccc(NC(=O)/C(=C\c2cccc(OC)c2)NC(=O)c2ccccc2)c1)C(=O)Nc1ccccc1C(=O)OC. The Hall–Kier alpha value is -5.35. The van der Waals surface area contributed by atoms with E-state index < -0.39 is 23.0 Å². The summed E-state index contributed by atoms with van der Waals surface area (Å²) in [7, 11) is 2.83. The smallest absolute Gasteiger partial charge is 0.339 e. The number of hydrogen-bond acceptors (Lipinski definition) is 7. The first-order valence-electron chi connectivity index (χ1n) is 14.1. The van der Waals surface area contributed by atoms with Crippen molar-refractivity contribution in [3.63, 3.8) is 0 Å². The molecule has 3 amide bonds. The van der Waals surface area contributed by atoms with Crippen LogP contribution in [0.4, 0.5) is 11.4 Å². The third-order valence-electron chi connectivity index (χ3n) is 6.56. The molecule has 0 aliphatic rings. The van der Waals surface area contributed by atoms with Gasteiger partial charge in [0.1, 0.15) is 11.4 Å². The van der Waals surface area contributed by atoms with Crippen molar-refractivity contribution in [2.75, 3.05) is 24.9 Å². The number of methoxy groups -OCH3 is 2. The van der Waals surface area contributed by atoms with E-state index in [1.165, 1.54) is 18.9 Å². The monoisotopic (exact) mass is 623 g/mol. The molecule has 4 aromatic carbocycles. The number of ether oxygens (including phenoxy) is 2. The van der Waals surface area contributed by atoms with Crippen molar-refractivity contribution in [2.24, 2.45) is 0 Å². The van der Waals surface area contributed by atoms with Gasteiger partial charge in [0.05, 0.1) is 30.7 Å². The standard InChI is InChI=1S/C35H33N3O6S/c1-4-31(34(41)37-29-19-9-8-18-28(29)35(42)44-3)45-27-17-11-15-25(22-27)36-33(40)30(21-23-12-10-16-26(20-23)43-2)38-32(39)24-13-6-5-7-14-24/h5-22,31H,4H2,1-3H3,(H,36,40)(H,37,41)(H,38,39)/b30-21+. The zero-order valence-corrected chi connectivity index (χ0v) is 25.9. The quantitative estimate of drug-likeness (QED) is 0.0948. The maximum Gasteiger partial charge on any atom is 0.339 e. The van der Waals surface area contributed by atoms with E-state index in [9.17, 15) is 19.2 Å². The Labute approximate surface area is 266 Å². The van der Waals surface area contributed by atoms with Crippen molar-refractivity contribution >= 4 is 52.9 Å². The molecule has 1 unspecified atom stereocenters. The van der Waals surface area contributed by atoms with Gasteiger partial charge in [0.25, 0.3) is 11.8 Å². The first-order chi connectivity index (χ1) is 21.8. The molecule has 1 atom stereocenters. The minimum absolute atomic E-state index is 0.0326. The number of carbonyl (C=O) groups excluding carboxylic acids is 4. The molecular weight excluding hydrogens is 590 g/mol. The maximum absolute atomic E-state index is 13.5. The number of thioether (sulfide) groups is 1. The van der Waals surface area contributed by atoms with E-state index in [0.29, 0.717) is 34.7 Å². The molecule has 0 saturated heterocycles. The van der Waals surface area contributed by atoms with Crippen LogP contribution in [0.1, 0.15) is 39.6 Å². The third kappa shape index (κ3) is 9.07. The molecule has 230 valence electrons. The molecule has 0 radical (unpaired) electrons. The normalized spacial score (nSPS) is 11.6. The summed E-state index contributed by atoms with van der Waals surface area (Å²) in [5, 5.41) is 7.93. The Bertz CT molecular complexity index is 1710. The highest BCUT2D eigenvalue weighted by molar-refractivity contribution is 8.00. The molecule has 10 heteroatoms. The third-order valence-corrected chi connectivity index (χ3v) is 7.92. The minimum Gasteiger partial charge on any atom is -0.497 e. The summed E-state index contributed by atoms with van der Waals surface area (Å²) in [5.74, 6) is -1.19. The van der Waals surface area contributed by atoms with Crippen molar-refractivity contribution in [1.29, 1.82) is 0 Å². The van der Waals surface area contributed by atoms with Crippen molar-refractivity contribution < 1.29 is 28.7 Å². The fourth-order valence-electron chi connectivity index (χ4n) is 4.27. The molecule has 0 heterocycles. The summed E-state index contributed by atoms with van der Waals surface area (Å²) in [6, 6.07) is 29.4. The zero-order valence-electron chi connectivity index (χ0n) is 25.0. The first kappa shape index (κ1) is 32.6. The average molecular weight is 624 g/mol. The Morgan fingerprint density at radius 3 is 2.29 bits per heavy atom. The predicted octanol–water partition coefficient (Wildman–Crippen LogP) is 6.40. The van der Waals surface area contributed by atoms with Crippen LogP contribution < -0.4 is 20.7 Å². The van der Waals surface area contributed by atoms with Crippen LogP contribution in [-0.4, -0.2) is 43.2 Å². The molecule has 3 N–H and O–H groups in total. The fraction of sp³-hybridized carbons (Fsp3) is 0.143. The van der Waals surface area contributed by atoms with Gasteiger partial charge in [-0.2, -0.15) is 0 Å². The molecule has 45 heavy (non-hydrogen) atoms. The zero-order chi connectivity index (χ0) is 32.2. The number of anilines is 2. The topological polar surface area (TPSA) is 123 Å². The molecule has 4 rings (SSSR count). The van der Waals surface area contributed by atoms with Gasteiger partial charge in [0, 0.05) is 16.1 Å². The summed E-state index contributed by atoms with van der Waals surface area (Å²) in [6.07, 6.45) is 2.08. The molecule has 0 bridgehead atoms. The van der Waals surface area contributed by atoms with Crippen molar-refractivity contribution in [3.05, 3.63) is 126 Å². The Balaban J connectivity index is 1.51. The van der Waals surface area contributed by atoms with Gasteiger partial charge >= 0.3 is 5.97 Å². The molecule has 0 fully saturated rings. The number of benzene rings is 4. The lowest BCUT2D eigenvalue weighted by molar-refractivity contribution is -0.116. The van der Waals surface area contributed by atoms with Gasteiger partial charge in [0.2, 0.25) is 5.91 Å². The van der Waals surface area contributed by atoms with E-state index in [4.69, 9.17) is 9.47 Å². The number of nitrogens with one attached hydrogen (secondary N) is 3. The second-order valence-corrected chi connectivity index (χ2v) is 11.0. The van der Waals surface area contributed by atoms with Crippen LogP contribution in [0.25, 0.3) is 6.08 Å². The Kier molecular flexibility index (Phi) is 11.5. The number of carbonyl (C=O) groups is 4. The summed E-state index contributed by atoms with van der Waals surface area (Å²) in [4.78, 5) is 52.6. The summed E-state index contributed by atoms with van der Waals surface area (Å²) in [6.45, 7) is 1.89. The average Bonchev–Trinajstić information content (AvgIpc) is 3.07. The van der Waals surface area contributed by atoms with Crippen LogP contribution in [0, 0.1) is 0 Å². The van der Waals surface area contributed by atoms with E-state index in [0.717, 1.165) is 4.90 Å². The first-order valence-corrected chi connectivity index (χ1v) is 15.0. The Morgan fingerprint density at radius 2 is 1.56 bits per heavy atom. The molecule has 4 aromatic rings.